The number of thioether (sulfide) groups is 1. The van der Waals surface area contributed by atoms with Crippen LogP contribution in [-0.2, 0) is 23.9 Å². The third-order valence-electron chi connectivity index (χ3n) is 3.37. The van der Waals surface area contributed by atoms with Gasteiger partial charge in [-0.2, -0.15) is 0 Å². The lowest BCUT2D eigenvalue weighted by Crippen LogP contribution is -2.80. The van der Waals surface area contributed by atoms with Gasteiger partial charge in [-0.3, -0.25) is 14.5 Å². The Morgan fingerprint density at radius 1 is 1.52 bits per heavy atom. The van der Waals surface area contributed by atoms with Crippen molar-refractivity contribution >= 4 is 41.1 Å². The fourth-order valence-electron chi connectivity index (χ4n) is 2.36. The van der Waals surface area contributed by atoms with Crippen LogP contribution in [0.1, 0.15) is 6.92 Å². The van der Waals surface area contributed by atoms with Crippen LogP contribution < -0.4 is 5.32 Å². The van der Waals surface area contributed by atoms with Gasteiger partial charge in [0.15, 0.2) is 0 Å². The summed E-state index contributed by atoms with van der Waals surface area (Å²) in [4.78, 5) is 37.1. The largest absolute Gasteiger partial charge is 0.464 e. The standard InChI is InChI=1S/C12H15ClN2O5S/c1-6-5-21-11-12(20-3,14-7(16)4-13)10(18)15(11)8(6)9(17)19-2/h11H,4-5H2,1-3H3,(H,14,16)/t11-,12-/m0/s1. The van der Waals surface area contributed by atoms with Crippen molar-refractivity contribution in [2.45, 2.75) is 18.0 Å². The number of esters is 1. The van der Waals surface area contributed by atoms with Crippen molar-refractivity contribution in [1.29, 1.82) is 0 Å². The summed E-state index contributed by atoms with van der Waals surface area (Å²) in [5.74, 6) is -1.37. The Labute approximate surface area is 131 Å². The third kappa shape index (κ3) is 2.31. The number of rotatable bonds is 4. The van der Waals surface area contributed by atoms with Crippen LogP contribution in [0.3, 0.4) is 0 Å². The molecular formula is C12H15ClN2O5S. The molecule has 9 heteroatoms. The molecule has 0 radical (unpaired) electrons. The van der Waals surface area contributed by atoms with E-state index in [4.69, 9.17) is 21.1 Å². The van der Waals surface area contributed by atoms with E-state index in [9.17, 15) is 14.4 Å². The van der Waals surface area contributed by atoms with Crippen molar-refractivity contribution in [2.75, 3.05) is 25.9 Å². The van der Waals surface area contributed by atoms with Gasteiger partial charge in [0.2, 0.25) is 5.91 Å². The molecule has 1 fully saturated rings. The number of β-lactam (4-membered cyclic amide) rings is 1. The van der Waals surface area contributed by atoms with E-state index in [1.54, 1.807) is 6.92 Å². The molecule has 0 saturated carbocycles. The van der Waals surface area contributed by atoms with Gasteiger partial charge in [-0.25, -0.2) is 4.79 Å². The summed E-state index contributed by atoms with van der Waals surface area (Å²) in [6.45, 7) is 1.76. The van der Waals surface area contributed by atoms with Crippen molar-refractivity contribution in [2.24, 2.45) is 0 Å². The molecule has 7 nitrogen and oxygen atoms in total. The first-order valence-corrected chi connectivity index (χ1v) is 7.66. The number of methoxy groups -OCH3 is 2. The fourth-order valence-corrected chi connectivity index (χ4v) is 3.81. The third-order valence-corrected chi connectivity index (χ3v) is 5.07. The molecule has 0 aliphatic carbocycles. The number of amides is 2. The second kappa shape index (κ2) is 5.86. The van der Waals surface area contributed by atoms with E-state index in [1.165, 1.54) is 30.9 Å². The minimum Gasteiger partial charge on any atom is -0.464 e. The lowest BCUT2D eigenvalue weighted by Gasteiger charge is -2.55. The van der Waals surface area contributed by atoms with Gasteiger partial charge in [-0.1, -0.05) is 0 Å². The van der Waals surface area contributed by atoms with Gasteiger partial charge < -0.3 is 14.8 Å². The van der Waals surface area contributed by atoms with Gasteiger partial charge in [0.05, 0.1) is 7.11 Å². The number of nitrogens with zero attached hydrogens (tertiary/aromatic N) is 1. The summed E-state index contributed by atoms with van der Waals surface area (Å²) >= 11 is 6.86. The van der Waals surface area contributed by atoms with Crippen LogP contribution in [0.4, 0.5) is 0 Å². The topological polar surface area (TPSA) is 84.9 Å². The van der Waals surface area contributed by atoms with Gasteiger partial charge in [-0.15, -0.1) is 23.4 Å². The van der Waals surface area contributed by atoms with Crippen LogP contribution in [0.15, 0.2) is 11.3 Å². The van der Waals surface area contributed by atoms with E-state index in [-0.39, 0.29) is 11.6 Å². The molecular weight excluding hydrogens is 320 g/mol. The number of nitrogens with one attached hydrogen (secondary N) is 1. The second-order valence-electron chi connectivity index (χ2n) is 4.58. The van der Waals surface area contributed by atoms with E-state index in [0.29, 0.717) is 5.75 Å². The average molecular weight is 335 g/mol. The monoisotopic (exact) mass is 334 g/mol. The zero-order valence-corrected chi connectivity index (χ0v) is 13.3. The summed E-state index contributed by atoms with van der Waals surface area (Å²) in [5, 5.41) is 1.96. The lowest BCUT2D eigenvalue weighted by atomic mass is 9.98. The summed E-state index contributed by atoms with van der Waals surface area (Å²) in [6.07, 6.45) is 0. The van der Waals surface area contributed by atoms with Gasteiger partial charge in [0.1, 0.15) is 17.0 Å². The smallest absolute Gasteiger partial charge is 0.354 e. The summed E-state index contributed by atoms with van der Waals surface area (Å²) < 4.78 is 9.96. The highest BCUT2D eigenvalue weighted by Crippen LogP contribution is 2.46. The number of alkyl halides is 1. The number of carbonyl (C=O) groups is 3. The van der Waals surface area contributed by atoms with Crippen LogP contribution in [0.2, 0.25) is 0 Å². The molecule has 1 saturated heterocycles. The zero-order chi connectivity index (χ0) is 15.8. The first-order chi connectivity index (χ1) is 9.92. The Morgan fingerprint density at radius 3 is 2.71 bits per heavy atom. The zero-order valence-electron chi connectivity index (χ0n) is 11.8. The molecule has 2 amide bonds. The molecule has 2 rings (SSSR count). The molecule has 2 aliphatic heterocycles. The molecule has 2 aliphatic rings. The minimum atomic E-state index is -1.49. The van der Waals surface area contributed by atoms with Gasteiger partial charge in [0.25, 0.3) is 11.6 Å². The van der Waals surface area contributed by atoms with Crippen LogP contribution in [0.5, 0.6) is 0 Å². The van der Waals surface area contributed by atoms with Gasteiger partial charge in [-0.05, 0) is 12.5 Å². The molecule has 0 bridgehead atoms. The van der Waals surface area contributed by atoms with E-state index in [0.717, 1.165) is 5.57 Å². The van der Waals surface area contributed by atoms with Crippen LogP contribution in [0, 0.1) is 0 Å². The van der Waals surface area contributed by atoms with Crippen LogP contribution in [0.25, 0.3) is 0 Å². The van der Waals surface area contributed by atoms with Crippen molar-refractivity contribution in [3.8, 4) is 0 Å². The molecule has 2 atom stereocenters. The van der Waals surface area contributed by atoms with Crippen molar-refractivity contribution in [3.63, 3.8) is 0 Å². The van der Waals surface area contributed by atoms with Gasteiger partial charge in [0, 0.05) is 12.9 Å². The Kier molecular flexibility index (Phi) is 4.50. The fraction of sp³-hybridized carbons (Fsp3) is 0.583. The molecule has 2 heterocycles. The molecule has 0 aromatic heterocycles. The Balaban J connectivity index is 2.34. The number of hydrogen-bond donors (Lipinski definition) is 1. The van der Waals surface area contributed by atoms with E-state index in [2.05, 4.69) is 5.32 Å². The second-order valence-corrected chi connectivity index (χ2v) is 5.92. The number of hydrogen-bond acceptors (Lipinski definition) is 6. The molecule has 0 aromatic carbocycles. The van der Waals surface area contributed by atoms with Crippen LogP contribution in [-0.4, -0.2) is 59.6 Å². The summed E-state index contributed by atoms with van der Waals surface area (Å²) in [5.41, 5.74) is -0.541. The lowest BCUT2D eigenvalue weighted by molar-refractivity contribution is -0.192. The van der Waals surface area contributed by atoms with Gasteiger partial charge >= 0.3 is 5.97 Å². The van der Waals surface area contributed by atoms with Crippen LogP contribution >= 0.6 is 23.4 Å². The summed E-state index contributed by atoms with van der Waals surface area (Å²) in [6, 6.07) is 0. The molecule has 0 unspecified atom stereocenters. The maximum absolute atomic E-state index is 12.5. The van der Waals surface area contributed by atoms with E-state index < -0.39 is 28.9 Å². The predicted octanol–water partition coefficient (Wildman–Crippen LogP) is 0.0462. The number of carbonyl (C=O) groups excluding carboxylic acids is 3. The van der Waals surface area contributed by atoms with Crippen molar-refractivity contribution < 1.29 is 23.9 Å². The average Bonchev–Trinajstić information content (AvgIpc) is 2.50. The SMILES string of the molecule is COC(=O)C1=C(C)CS[C@@H]2N1C(=O)[C@]2(NC(=O)CCl)OC. The maximum atomic E-state index is 12.5. The highest BCUT2D eigenvalue weighted by Gasteiger charge is 2.66. The molecule has 21 heavy (non-hydrogen) atoms. The Bertz CT molecular complexity index is 538. The summed E-state index contributed by atoms with van der Waals surface area (Å²) in [7, 11) is 2.58. The van der Waals surface area contributed by atoms with Crippen molar-refractivity contribution in [3.05, 3.63) is 11.3 Å². The molecule has 1 N–H and O–H groups in total. The molecule has 116 valence electrons. The van der Waals surface area contributed by atoms with Crippen molar-refractivity contribution in [1.82, 2.24) is 10.2 Å². The van der Waals surface area contributed by atoms with E-state index >= 15 is 0 Å². The minimum absolute atomic E-state index is 0.207. The Hall–Kier alpha value is -1.25. The first-order valence-electron chi connectivity index (χ1n) is 6.08. The number of fused-ring (bicyclic) bond motifs is 1. The Morgan fingerprint density at radius 2 is 2.19 bits per heavy atom. The van der Waals surface area contributed by atoms with E-state index in [1.807, 2.05) is 0 Å². The quantitative estimate of drug-likeness (QED) is 0.338. The highest BCUT2D eigenvalue weighted by atomic mass is 35.5. The molecule has 0 spiro atoms. The molecule has 0 aromatic rings. The number of ether oxygens (including phenoxy) is 2. The highest BCUT2D eigenvalue weighted by molar-refractivity contribution is 8.00. The number of halogens is 1. The maximum Gasteiger partial charge on any atom is 0.354 e. The first kappa shape index (κ1) is 16.1. The normalized spacial score (nSPS) is 27.9. The predicted molar refractivity (Wildman–Crippen MR) is 76.4 cm³/mol.